The highest BCUT2D eigenvalue weighted by Crippen LogP contribution is 2.23. The number of hydrogen-bond donors (Lipinski definition) is 0. The lowest BCUT2D eigenvalue weighted by Crippen LogP contribution is -2.15. The molecule has 120 valence electrons. The number of allylic oxidation sites excluding steroid dienone is 1. The molecule has 4 nitrogen and oxygen atoms in total. The third kappa shape index (κ3) is 3.87. The average Bonchev–Trinajstić information content (AvgIpc) is 2.56. The molecule has 0 radical (unpaired) electrons. The number of ether oxygens (including phenoxy) is 1. The second-order valence-electron chi connectivity index (χ2n) is 4.95. The van der Waals surface area contributed by atoms with Crippen LogP contribution in [-0.2, 0) is 14.6 Å². The molecule has 0 amide bonds. The predicted molar refractivity (Wildman–Crippen MR) is 88.8 cm³/mol. The average molecular weight is 330 g/mol. The number of rotatable bonds is 6. The topological polar surface area (TPSA) is 60.4 Å². The zero-order valence-corrected chi connectivity index (χ0v) is 13.8. The lowest BCUT2D eigenvalue weighted by molar-refractivity contribution is 0.103. The highest BCUT2D eigenvalue weighted by molar-refractivity contribution is 7.96. The second kappa shape index (κ2) is 7.24. The number of aryl methyl sites for hydroxylation is 1. The van der Waals surface area contributed by atoms with Gasteiger partial charge in [-0.05, 0) is 26.0 Å². The Hall–Kier alpha value is -2.40. The lowest BCUT2D eigenvalue weighted by Gasteiger charge is -2.09. The minimum absolute atomic E-state index is 0.0679. The highest BCUT2D eigenvalue weighted by Gasteiger charge is 2.28. The summed E-state index contributed by atoms with van der Waals surface area (Å²) < 4.78 is 30.7. The molecule has 0 atom stereocenters. The highest BCUT2D eigenvalue weighted by atomic mass is 32.2. The van der Waals surface area contributed by atoms with E-state index < -0.39 is 15.6 Å². The fourth-order valence-electron chi connectivity index (χ4n) is 1.97. The Morgan fingerprint density at radius 2 is 1.65 bits per heavy atom. The molecule has 0 aliphatic rings. The Labute approximate surface area is 136 Å². The molecule has 5 heteroatoms. The van der Waals surface area contributed by atoms with Gasteiger partial charge in [-0.15, -0.1) is 0 Å². The number of sulfone groups is 1. The van der Waals surface area contributed by atoms with Crippen molar-refractivity contribution < 1.29 is 17.9 Å². The number of ketones is 1. The Balaban J connectivity index is 2.50. The Kier molecular flexibility index (Phi) is 5.34. The van der Waals surface area contributed by atoms with Crippen LogP contribution in [0.5, 0.6) is 0 Å². The van der Waals surface area contributed by atoms with Crippen molar-refractivity contribution in [2.75, 3.05) is 6.61 Å². The fraction of sp³-hybridized carbons (Fsp3) is 0.167. The summed E-state index contributed by atoms with van der Waals surface area (Å²) in [4.78, 5) is 12.3. The summed E-state index contributed by atoms with van der Waals surface area (Å²) in [6, 6.07) is 14.6. The van der Waals surface area contributed by atoms with Crippen LogP contribution in [0.4, 0.5) is 0 Å². The molecule has 0 spiro atoms. The summed E-state index contributed by atoms with van der Waals surface area (Å²) in [5, 5.41) is 0. The van der Waals surface area contributed by atoms with Gasteiger partial charge < -0.3 is 4.74 Å². The Bertz CT molecular complexity index is 804. The first kappa shape index (κ1) is 17.0. The maximum atomic E-state index is 12.8. The molecule has 2 aromatic carbocycles. The second-order valence-corrected chi connectivity index (χ2v) is 6.87. The van der Waals surface area contributed by atoms with E-state index in [9.17, 15) is 13.2 Å². The van der Waals surface area contributed by atoms with Gasteiger partial charge in [0, 0.05) is 5.56 Å². The molecule has 2 aromatic rings. The number of carbonyl (C=O) groups is 1. The molecule has 2 rings (SSSR count). The zero-order chi connectivity index (χ0) is 16.9. The Morgan fingerprint density at radius 3 is 2.22 bits per heavy atom. The SMILES string of the molecule is CCOC=C(C(=O)c1ccccc1)S(=O)(=O)c1ccc(C)cc1. The molecule has 0 aromatic heterocycles. The van der Waals surface area contributed by atoms with E-state index in [1.807, 2.05) is 6.92 Å². The van der Waals surface area contributed by atoms with E-state index in [-0.39, 0.29) is 16.4 Å². The van der Waals surface area contributed by atoms with Crippen molar-refractivity contribution in [2.45, 2.75) is 18.7 Å². The summed E-state index contributed by atoms with van der Waals surface area (Å²) in [6.45, 7) is 3.86. The summed E-state index contributed by atoms with van der Waals surface area (Å²) in [6.07, 6.45) is 1.03. The minimum Gasteiger partial charge on any atom is -0.500 e. The van der Waals surface area contributed by atoms with E-state index in [1.54, 1.807) is 49.4 Å². The van der Waals surface area contributed by atoms with E-state index in [2.05, 4.69) is 0 Å². The van der Waals surface area contributed by atoms with Gasteiger partial charge in [0.2, 0.25) is 15.6 Å². The van der Waals surface area contributed by atoms with Gasteiger partial charge in [-0.1, -0.05) is 48.0 Å². The predicted octanol–water partition coefficient (Wildman–Crippen LogP) is 3.53. The van der Waals surface area contributed by atoms with Crippen LogP contribution in [0.15, 0.2) is 70.7 Å². The van der Waals surface area contributed by atoms with Crippen LogP contribution in [-0.4, -0.2) is 20.8 Å². The molecule has 0 N–H and O–H groups in total. The first-order chi connectivity index (χ1) is 11.0. The van der Waals surface area contributed by atoms with E-state index >= 15 is 0 Å². The van der Waals surface area contributed by atoms with Crippen molar-refractivity contribution in [1.82, 2.24) is 0 Å². The maximum Gasteiger partial charge on any atom is 0.213 e. The molecule has 0 fully saturated rings. The van der Waals surface area contributed by atoms with Crippen LogP contribution < -0.4 is 0 Å². The molecular weight excluding hydrogens is 312 g/mol. The fourth-order valence-corrected chi connectivity index (χ4v) is 3.28. The van der Waals surface area contributed by atoms with Gasteiger partial charge >= 0.3 is 0 Å². The number of carbonyl (C=O) groups excluding carboxylic acids is 1. The molecule has 0 aliphatic heterocycles. The third-order valence-corrected chi connectivity index (χ3v) is 4.99. The van der Waals surface area contributed by atoms with Crippen LogP contribution in [0, 0.1) is 6.92 Å². The number of Topliss-reactive ketones (excluding diaryl/α,β-unsaturated/α-hetero) is 1. The monoisotopic (exact) mass is 330 g/mol. The summed E-state index contributed by atoms with van der Waals surface area (Å²) in [7, 11) is -3.95. The molecule has 0 aliphatic carbocycles. The molecule has 0 saturated carbocycles. The molecule has 0 heterocycles. The summed E-state index contributed by atoms with van der Waals surface area (Å²) in [5.41, 5.74) is 1.24. The van der Waals surface area contributed by atoms with Gasteiger partial charge in [0.15, 0.2) is 4.91 Å². The van der Waals surface area contributed by atoms with Crippen molar-refractivity contribution in [2.24, 2.45) is 0 Å². The van der Waals surface area contributed by atoms with Crippen molar-refractivity contribution in [3.63, 3.8) is 0 Å². The number of hydrogen-bond acceptors (Lipinski definition) is 4. The smallest absolute Gasteiger partial charge is 0.213 e. The molecule has 23 heavy (non-hydrogen) atoms. The van der Waals surface area contributed by atoms with Crippen molar-refractivity contribution in [3.05, 3.63) is 76.9 Å². The molecule has 0 saturated heterocycles. The van der Waals surface area contributed by atoms with Gasteiger partial charge in [0.25, 0.3) is 0 Å². The largest absolute Gasteiger partial charge is 0.500 e. The lowest BCUT2D eigenvalue weighted by atomic mass is 10.1. The van der Waals surface area contributed by atoms with Gasteiger partial charge in [0.05, 0.1) is 11.5 Å². The van der Waals surface area contributed by atoms with Crippen molar-refractivity contribution in [1.29, 1.82) is 0 Å². The van der Waals surface area contributed by atoms with Crippen LogP contribution in [0.3, 0.4) is 0 Å². The van der Waals surface area contributed by atoms with Gasteiger partial charge in [0.1, 0.15) is 6.26 Å². The standard InChI is InChI=1S/C18H18O4S/c1-3-22-13-17(18(19)15-7-5-4-6-8-15)23(20,21)16-11-9-14(2)10-12-16/h4-13H,3H2,1-2H3. The summed E-state index contributed by atoms with van der Waals surface area (Å²) in [5.74, 6) is -0.584. The van der Waals surface area contributed by atoms with Crippen molar-refractivity contribution >= 4 is 15.6 Å². The zero-order valence-electron chi connectivity index (χ0n) is 13.0. The van der Waals surface area contributed by atoms with E-state index in [0.717, 1.165) is 11.8 Å². The van der Waals surface area contributed by atoms with Crippen LogP contribution in [0.25, 0.3) is 0 Å². The van der Waals surface area contributed by atoms with Gasteiger partial charge in [-0.25, -0.2) is 8.42 Å². The molecular formula is C18H18O4S. The third-order valence-electron chi connectivity index (χ3n) is 3.24. The first-order valence-corrected chi connectivity index (χ1v) is 8.68. The quantitative estimate of drug-likeness (QED) is 0.462. The van der Waals surface area contributed by atoms with Crippen LogP contribution in [0.1, 0.15) is 22.8 Å². The van der Waals surface area contributed by atoms with Crippen LogP contribution >= 0.6 is 0 Å². The molecule has 0 bridgehead atoms. The van der Waals surface area contributed by atoms with E-state index in [1.165, 1.54) is 12.1 Å². The maximum absolute atomic E-state index is 12.8. The minimum atomic E-state index is -3.95. The molecule has 0 unspecified atom stereocenters. The van der Waals surface area contributed by atoms with Crippen molar-refractivity contribution in [3.8, 4) is 0 Å². The van der Waals surface area contributed by atoms with Gasteiger partial charge in [-0.2, -0.15) is 0 Å². The Morgan fingerprint density at radius 1 is 1.04 bits per heavy atom. The number of benzene rings is 2. The van der Waals surface area contributed by atoms with E-state index in [0.29, 0.717) is 5.56 Å². The normalized spacial score (nSPS) is 12.0. The van der Waals surface area contributed by atoms with E-state index in [4.69, 9.17) is 4.74 Å². The van der Waals surface area contributed by atoms with Gasteiger partial charge in [-0.3, -0.25) is 4.79 Å². The summed E-state index contributed by atoms with van der Waals surface area (Å²) >= 11 is 0. The van der Waals surface area contributed by atoms with Crippen LogP contribution in [0.2, 0.25) is 0 Å². The first-order valence-electron chi connectivity index (χ1n) is 7.20.